The number of aromatic nitrogens is 4. The average Bonchev–Trinajstić information content (AvgIpc) is 2.46. The molecule has 8 heteroatoms. The zero-order valence-corrected chi connectivity index (χ0v) is 11.8. The molecule has 0 aliphatic rings. The van der Waals surface area contributed by atoms with Crippen molar-refractivity contribution in [2.45, 2.75) is 33.4 Å². The summed E-state index contributed by atoms with van der Waals surface area (Å²) in [4.78, 5) is 51.8. The van der Waals surface area contributed by atoms with Gasteiger partial charge in [-0.15, -0.1) is 0 Å². The molecule has 0 atom stereocenters. The Morgan fingerprint density at radius 2 is 1.19 bits per heavy atom. The van der Waals surface area contributed by atoms with Gasteiger partial charge < -0.3 is 9.97 Å². The lowest BCUT2D eigenvalue weighted by Gasteiger charge is -2.07. The van der Waals surface area contributed by atoms with Gasteiger partial charge in [0.25, 0.3) is 11.1 Å². The van der Waals surface area contributed by atoms with Crippen LogP contribution in [0.2, 0.25) is 0 Å². The van der Waals surface area contributed by atoms with E-state index in [-0.39, 0.29) is 24.2 Å². The van der Waals surface area contributed by atoms with Crippen molar-refractivity contribution < 1.29 is 0 Å². The van der Waals surface area contributed by atoms with Gasteiger partial charge >= 0.3 is 11.4 Å². The molecule has 8 nitrogen and oxygen atoms in total. The van der Waals surface area contributed by atoms with E-state index in [1.807, 2.05) is 0 Å². The monoisotopic (exact) mass is 292 g/mol. The third-order valence-corrected chi connectivity index (χ3v) is 3.24. The van der Waals surface area contributed by atoms with E-state index in [2.05, 4.69) is 9.97 Å². The number of nitrogens with one attached hydrogen (secondary N) is 2. The van der Waals surface area contributed by atoms with Crippen LogP contribution in [0.4, 0.5) is 0 Å². The molecule has 21 heavy (non-hydrogen) atoms. The summed E-state index contributed by atoms with van der Waals surface area (Å²) in [7, 11) is 0. The summed E-state index contributed by atoms with van der Waals surface area (Å²) in [6.45, 7) is 3.47. The van der Waals surface area contributed by atoms with Crippen molar-refractivity contribution in [2.24, 2.45) is 0 Å². The molecule has 0 spiro atoms. The minimum absolute atomic E-state index is 0.135. The lowest BCUT2D eigenvalue weighted by Crippen LogP contribution is -2.38. The van der Waals surface area contributed by atoms with E-state index in [0.29, 0.717) is 17.5 Å². The van der Waals surface area contributed by atoms with E-state index in [0.717, 1.165) is 9.13 Å². The molecule has 112 valence electrons. The van der Waals surface area contributed by atoms with Crippen molar-refractivity contribution in [3.63, 3.8) is 0 Å². The molecule has 2 aromatic rings. The predicted octanol–water partition coefficient (Wildman–Crippen LogP) is -0.906. The van der Waals surface area contributed by atoms with Crippen molar-refractivity contribution >= 4 is 0 Å². The molecule has 0 aliphatic carbocycles. The van der Waals surface area contributed by atoms with Gasteiger partial charge in [0.05, 0.1) is 0 Å². The Morgan fingerprint density at radius 3 is 1.57 bits per heavy atom. The number of aromatic amines is 2. The first-order valence-corrected chi connectivity index (χ1v) is 6.50. The lowest BCUT2D eigenvalue weighted by atomic mass is 10.3. The van der Waals surface area contributed by atoms with Crippen molar-refractivity contribution in [1.29, 1.82) is 0 Å². The zero-order valence-electron chi connectivity index (χ0n) is 11.8. The summed E-state index contributed by atoms with van der Waals surface area (Å²) in [5, 5.41) is 0. The van der Waals surface area contributed by atoms with Crippen LogP contribution in [-0.2, 0) is 13.1 Å². The predicted molar refractivity (Wildman–Crippen MR) is 76.7 cm³/mol. The second kappa shape index (κ2) is 5.78. The molecule has 0 radical (unpaired) electrons. The Bertz CT molecular complexity index is 811. The number of nitrogens with zero attached hydrogens (tertiary/aromatic N) is 2. The first-order chi connectivity index (χ1) is 9.91. The molecular weight excluding hydrogens is 276 g/mol. The van der Waals surface area contributed by atoms with Crippen LogP contribution in [-0.4, -0.2) is 19.1 Å². The van der Waals surface area contributed by atoms with E-state index in [9.17, 15) is 19.2 Å². The van der Waals surface area contributed by atoms with E-state index in [4.69, 9.17) is 0 Å². The third-order valence-electron chi connectivity index (χ3n) is 3.24. The van der Waals surface area contributed by atoms with E-state index in [1.165, 1.54) is 12.4 Å². The topological polar surface area (TPSA) is 110 Å². The van der Waals surface area contributed by atoms with Crippen LogP contribution < -0.4 is 22.5 Å². The van der Waals surface area contributed by atoms with Gasteiger partial charge in [-0.1, -0.05) is 0 Å². The summed E-state index contributed by atoms with van der Waals surface area (Å²) in [5.41, 5.74) is -0.888. The fourth-order valence-electron chi connectivity index (χ4n) is 2.02. The van der Waals surface area contributed by atoms with E-state index < -0.39 is 11.4 Å². The molecular formula is C13H16N4O4. The number of rotatable bonds is 4. The molecule has 0 fully saturated rings. The molecule has 2 N–H and O–H groups in total. The van der Waals surface area contributed by atoms with Gasteiger partial charge in [0.1, 0.15) is 0 Å². The molecule has 0 unspecified atom stereocenters. The maximum atomic E-state index is 11.8. The first-order valence-electron chi connectivity index (χ1n) is 6.50. The van der Waals surface area contributed by atoms with Gasteiger partial charge in [0.15, 0.2) is 0 Å². The Hall–Kier alpha value is -2.64. The molecule has 0 bridgehead atoms. The van der Waals surface area contributed by atoms with E-state index >= 15 is 0 Å². The molecule has 0 saturated carbocycles. The van der Waals surface area contributed by atoms with Crippen LogP contribution in [0.5, 0.6) is 0 Å². The van der Waals surface area contributed by atoms with Crippen LogP contribution in [0, 0.1) is 13.8 Å². The maximum absolute atomic E-state index is 11.8. The summed E-state index contributed by atoms with van der Waals surface area (Å²) in [5.74, 6) is 0. The van der Waals surface area contributed by atoms with Crippen LogP contribution in [0.15, 0.2) is 31.6 Å². The fourth-order valence-corrected chi connectivity index (χ4v) is 2.02. The van der Waals surface area contributed by atoms with Crippen LogP contribution in [0.3, 0.4) is 0 Å². The van der Waals surface area contributed by atoms with Crippen LogP contribution >= 0.6 is 0 Å². The van der Waals surface area contributed by atoms with Crippen LogP contribution in [0.1, 0.15) is 17.5 Å². The van der Waals surface area contributed by atoms with Crippen molar-refractivity contribution in [3.05, 3.63) is 65.2 Å². The highest BCUT2D eigenvalue weighted by Crippen LogP contribution is 1.89. The second-order valence-corrected chi connectivity index (χ2v) is 4.82. The SMILES string of the molecule is Cc1c[nH]c(=O)n(CCCn2c(=O)[nH]cc(C)c2=O)c1=O. The molecule has 0 aromatic carbocycles. The van der Waals surface area contributed by atoms with Crippen LogP contribution in [0.25, 0.3) is 0 Å². The number of H-pyrrole nitrogens is 2. The quantitative estimate of drug-likeness (QED) is 0.760. The maximum Gasteiger partial charge on any atom is 0.328 e. The highest BCUT2D eigenvalue weighted by atomic mass is 16.2. The van der Waals surface area contributed by atoms with Gasteiger partial charge in [-0.3, -0.25) is 18.7 Å². The largest absolute Gasteiger partial charge is 0.328 e. The minimum atomic E-state index is -0.504. The van der Waals surface area contributed by atoms with E-state index in [1.54, 1.807) is 13.8 Å². The molecule has 2 rings (SSSR count). The zero-order chi connectivity index (χ0) is 15.6. The fraction of sp³-hybridized carbons (Fsp3) is 0.385. The van der Waals surface area contributed by atoms with Gasteiger partial charge in [0.2, 0.25) is 0 Å². The highest BCUT2D eigenvalue weighted by molar-refractivity contribution is 5.01. The Labute approximate surface area is 118 Å². The molecule has 2 heterocycles. The Morgan fingerprint density at radius 1 is 0.810 bits per heavy atom. The van der Waals surface area contributed by atoms with Gasteiger partial charge in [-0.2, -0.15) is 0 Å². The normalized spacial score (nSPS) is 10.8. The standard InChI is InChI=1S/C13H16N4O4/c1-8-6-14-12(20)16(10(8)18)4-3-5-17-11(19)9(2)7-15-13(17)21/h6-7H,3-5H2,1-2H3,(H,14,20)(H,15,21). The summed E-state index contributed by atoms with van der Waals surface area (Å²) < 4.78 is 2.12. The molecule has 2 aromatic heterocycles. The number of aryl methyl sites for hydroxylation is 2. The molecule has 0 saturated heterocycles. The second-order valence-electron chi connectivity index (χ2n) is 4.82. The summed E-state index contributed by atoms with van der Waals surface area (Å²) in [6, 6.07) is 0. The summed E-state index contributed by atoms with van der Waals surface area (Å²) >= 11 is 0. The summed E-state index contributed by atoms with van der Waals surface area (Å²) in [6.07, 6.45) is 3.03. The average molecular weight is 292 g/mol. The number of hydrogen-bond donors (Lipinski definition) is 2. The lowest BCUT2D eigenvalue weighted by molar-refractivity contribution is 0.511. The Balaban J connectivity index is 2.21. The molecule has 0 amide bonds. The Kier molecular flexibility index (Phi) is 4.06. The van der Waals surface area contributed by atoms with Gasteiger partial charge in [-0.25, -0.2) is 9.59 Å². The van der Waals surface area contributed by atoms with Gasteiger partial charge in [-0.05, 0) is 20.3 Å². The third kappa shape index (κ3) is 2.93. The smallest absolute Gasteiger partial charge is 0.314 e. The van der Waals surface area contributed by atoms with Crippen molar-refractivity contribution in [2.75, 3.05) is 0 Å². The van der Waals surface area contributed by atoms with Gasteiger partial charge in [0, 0.05) is 36.6 Å². The number of hydrogen-bond acceptors (Lipinski definition) is 4. The first kappa shape index (κ1) is 14.8. The minimum Gasteiger partial charge on any atom is -0.314 e. The van der Waals surface area contributed by atoms with Crippen molar-refractivity contribution in [3.8, 4) is 0 Å². The van der Waals surface area contributed by atoms with Crippen molar-refractivity contribution in [1.82, 2.24) is 19.1 Å². The molecule has 0 aliphatic heterocycles. The highest BCUT2D eigenvalue weighted by Gasteiger charge is 2.06.